The van der Waals surface area contributed by atoms with Gasteiger partial charge in [0.15, 0.2) is 5.66 Å². The molecule has 106 valence electrons. The number of aromatic nitrogens is 2. The van der Waals surface area contributed by atoms with Crippen molar-refractivity contribution in [3.8, 4) is 12.3 Å². The Morgan fingerprint density at radius 2 is 2.35 bits per heavy atom. The van der Waals surface area contributed by atoms with Crippen LogP contribution in [0.15, 0.2) is 22.6 Å². The van der Waals surface area contributed by atoms with Gasteiger partial charge in [-0.05, 0) is 0 Å². The molecular formula is C13H17N5O2. The number of carbonyl (C=O) groups excluding carboxylic acids is 1. The van der Waals surface area contributed by atoms with Crippen LogP contribution >= 0.6 is 0 Å². The van der Waals surface area contributed by atoms with Crippen molar-refractivity contribution in [1.82, 2.24) is 9.78 Å². The molecule has 0 radical (unpaired) electrons. The van der Waals surface area contributed by atoms with Crippen molar-refractivity contribution in [2.75, 3.05) is 12.4 Å². The van der Waals surface area contributed by atoms with Crippen molar-refractivity contribution in [3.05, 3.63) is 12.4 Å². The average Bonchev–Trinajstić information content (AvgIpc) is 3.09. The standard InChI is InChI=1S/C13H17N5O2/c1-3-4-6-13(16-17-13)7-5-12(19)15-11-8-14-18(9-11)10-20-2/h1,8-9H,4-7,10H2,2H3,(H,15,19). The van der Waals surface area contributed by atoms with Gasteiger partial charge in [0.25, 0.3) is 0 Å². The van der Waals surface area contributed by atoms with Crippen LogP contribution in [-0.2, 0) is 16.3 Å². The first-order valence-electron chi connectivity index (χ1n) is 6.36. The van der Waals surface area contributed by atoms with E-state index in [1.54, 1.807) is 24.2 Å². The van der Waals surface area contributed by atoms with E-state index >= 15 is 0 Å². The number of nitrogens with zero attached hydrogens (tertiary/aromatic N) is 4. The van der Waals surface area contributed by atoms with Crippen LogP contribution < -0.4 is 5.32 Å². The van der Waals surface area contributed by atoms with E-state index in [1.807, 2.05) is 0 Å². The molecule has 0 bridgehead atoms. The van der Waals surface area contributed by atoms with E-state index in [1.165, 1.54) is 0 Å². The number of amides is 1. The third kappa shape index (κ3) is 3.90. The number of carbonyl (C=O) groups is 1. The lowest BCUT2D eigenvalue weighted by molar-refractivity contribution is -0.116. The van der Waals surface area contributed by atoms with Gasteiger partial charge in [0.2, 0.25) is 5.91 Å². The summed E-state index contributed by atoms with van der Waals surface area (Å²) in [6, 6.07) is 0. The van der Waals surface area contributed by atoms with Crippen LogP contribution in [0.3, 0.4) is 0 Å². The summed E-state index contributed by atoms with van der Waals surface area (Å²) >= 11 is 0. The van der Waals surface area contributed by atoms with Gasteiger partial charge in [-0.25, -0.2) is 4.68 Å². The molecule has 0 saturated heterocycles. The maximum Gasteiger partial charge on any atom is 0.224 e. The molecule has 1 amide bonds. The van der Waals surface area contributed by atoms with Crippen molar-refractivity contribution in [1.29, 1.82) is 0 Å². The maximum absolute atomic E-state index is 11.8. The first-order chi connectivity index (χ1) is 9.67. The minimum Gasteiger partial charge on any atom is -0.362 e. The van der Waals surface area contributed by atoms with Gasteiger partial charge in [-0.1, -0.05) is 0 Å². The highest BCUT2D eigenvalue weighted by atomic mass is 16.5. The minimum atomic E-state index is -0.413. The second-order valence-electron chi connectivity index (χ2n) is 4.62. The van der Waals surface area contributed by atoms with Crippen LogP contribution in [0.25, 0.3) is 0 Å². The number of nitrogens with one attached hydrogen (secondary N) is 1. The summed E-state index contributed by atoms with van der Waals surface area (Å²) in [5, 5.41) is 14.8. The third-order valence-corrected chi connectivity index (χ3v) is 2.98. The molecule has 1 N–H and O–H groups in total. The lowest BCUT2D eigenvalue weighted by Gasteiger charge is -2.08. The van der Waals surface area contributed by atoms with E-state index in [0.717, 1.165) is 0 Å². The number of anilines is 1. The highest BCUT2D eigenvalue weighted by molar-refractivity contribution is 5.90. The Bertz CT molecular complexity index is 537. The van der Waals surface area contributed by atoms with Crippen molar-refractivity contribution < 1.29 is 9.53 Å². The third-order valence-electron chi connectivity index (χ3n) is 2.98. The molecule has 2 rings (SSSR count). The zero-order valence-corrected chi connectivity index (χ0v) is 11.4. The van der Waals surface area contributed by atoms with Gasteiger partial charge < -0.3 is 10.1 Å². The molecule has 20 heavy (non-hydrogen) atoms. The van der Waals surface area contributed by atoms with Crippen LogP contribution in [0.5, 0.6) is 0 Å². The Hall–Kier alpha value is -2.20. The fraction of sp³-hybridized carbons (Fsp3) is 0.538. The first-order valence-corrected chi connectivity index (χ1v) is 6.36. The summed E-state index contributed by atoms with van der Waals surface area (Å²) in [6.07, 6.45) is 10.8. The van der Waals surface area contributed by atoms with E-state index in [2.05, 4.69) is 26.6 Å². The van der Waals surface area contributed by atoms with E-state index in [0.29, 0.717) is 38.1 Å². The van der Waals surface area contributed by atoms with E-state index in [-0.39, 0.29) is 5.91 Å². The molecular weight excluding hydrogens is 258 g/mol. The summed E-state index contributed by atoms with van der Waals surface area (Å²) < 4.78 is 6.52. The molecule has 0 spiro atoms. The minimum absolute atomic E-state index is 0.0839. The van der Waals surface area contributed by atoms with Crippen LogP contribution in [0, 0.1) is 12.3 Å². The number of terminal acetylenes is 1. The van der Waals surface area contributed by atoms with Gasteiger partial charge >= 0.3 is 0 Å². The fourth-order valence-corrected chi connectivity index (χ4v) is 1.84. The van der Waals surface area contributed by atoms with Gasteiger partial charge in [-0.2, -0.15) is 15.3 Å². The summed E-state index contributed by atoms with van der Waals surface area (Å²) in [4.78, 5) is 11.8. The van der Waals surface area contributed by atoms with Gasteiger partial charge in [0, 0.05) is 32.8 Å². The van der Waals surface area contributed by atoms with Gasteiger partial charge in [0.05, 0.1) is 18.1 Å². The summed E-state index contributed by atoms with van der Waals surface area (Å²) in [7, 11) is 1.58. The normalized spacial score (nSPS) is 14.8. The molecule has 0 aromatic carbocycles. The lowest BCUT2D eigenvalue weighted by atomic mass is 10.0. The highest BCUT2D eigenvalue weighted by Gasteiger charge is 2.39. The molecule has 7 nitrogen and oxygen atoms in total. The quantitative estimate of drug-likeness (QED) is 0.734. The second kappa shape index (κ2) is 6.30. The van der Waals surface area contributed by atoms with Crippen LogP contribution in [-0.4, -0.2) is 28.5 Å². The SMILES string of the molecule is C#CCCC1(CCC(=O)Nc2cnn(COC)c2)N=N1. The molecule has 0 fully saturated rings. The molecule has 1 aliphatic heterocycles. The Morgan fingerprint density at radius 1 is 1.55 bits per heavy atom. The number of hydrogen-bond acceptors (Lipinski definition) is 5. The average molecular weight is 275 g/mol. The van der Waals surface area contributed by atoms with E-state index in [9.17, 15) is 4.79 Å². The van der Waals surface area contributed by atoms with Gasteiger partial charge in [-0.15, -0.1) is 12.3 Å². The van der Waals surface area contributed by atoms with Crippen molar-refractivity contribution >= 4 is 11.6 Å². The lowest BCUT2D eigenvalue weighted by Crippen LogP contribution is -2.17. The molecule has 0 aliphatic carbocycles. The predicted octanol–water partition coefficient (Wildman–Crippen LogP) is 1.78. The Morgan fingerprint density at radius 3 is 3.00 bits per heavy atom. The fourth-order valence-electron chi connectivity index (χ4n) is 1.84. The monoisotopic (exact) mass is 275 g/mol. The number of hydrogen-bond donors (Lipinski definition) is 1. The van der Waals surface area contributed by atoms with E-state index < -0.39 is 5.66 Å². The topological polar surface area (TPSA) is 80.9 Å². The summed E-state index contributed by atoms with van der Waals surface area (Å²) in [5.74, 6) is 2.48. The highest BCUT2D eigenvalue weighted by Crippen LogP contribution is 2.37. The van der Waals surface area contributed by atoms with Crippen molar-refractivity contribution in [3.63, 3.8) is 0 Å². The van der Waals surface area contributed by atoms with Crippen LogP contribution in [0.2, 0.25) is 0 Å². The zero-order valence-electron chi connectivity index (χ0n) is 11.4. The maximum atomic E-state index is 11.8. The zero-order chi connectivity index (χ0) is 14.4. The smallest absolute Gasteiger partial charge is 0.224 e. The van der Waals surface area contributed by atoms with Gasteiger partial charge in [-0.3, -0.25) is 4.79 Å². The van der Waals surface area contributed by atoms with Crippen molar-refractivity contribution in [2.24, 2.45) is 10.2 Å². The Labute approximate surface area is 117 Å². The van der Waals surface area contributed by atoms with Crippen LogP contribution in [0.1, 0.15) is 25.7 Å². The summed E-state index contributed by atoms with van der Waals surface area (Å²) in [5.41, 5.74) is 0.235. The molecule has 0 atom stereocenters. The van der Waals surface area contributed by atoms with Gasteiger partial charge in [0.1, 0.15) is 6.73 Å². The predicted molar refractivity (Wildman–Crippen MR) is 72.8 cm³/mol. The first kappa shape index (κ1) is 14.2. The number of ether oxygens (including phenoxy) is 1. The second-order valence-corrected chi connectivity index (χ2v) is 4.62. The molecule has 2 heterocycles. The largest absolute Gasteiger partial charge is 0.362 e. The molecule has 1 aromatic rings. The van der Waals surface area contributed by atoms with E-state index in [4.69, 9.17) is 11.2 Å². The molecule has 1 aliphatic rings. The molecule has 0 unspecified atom stereocenters. The molecule has 1 aromatic heterocycles. The number of rotatable bonds is 8. The molecule has 0 saturated carbocycles. The Kier molecular flexibility index (Phi) is 4.48. The van der Waals surface area contributed by atoms with Crippen LogP contribution in [0.4, 0.5) is 5.69 Å². The Balaban J connectivity index is 1.74. The van der Waals surface area contributed by atoms with Crippen molar-refractivity contribution in [2.45, 2.75) is 38.1 Å². The number of methoxy groups -OCH3 is 1. The molecule has 7 heteroatoms. The summed E-state index contributed by atoms with van der Waals surface area (Å²) in [6.45, 7) is 0.350.